The molecule has 0 bridgehead atoms. The van der Waals surface area contributed by atoms with Crippen LogP contribution in [0, 0.1) is 13.8 Å². The van der Waals surface area contributed by atoms with Gasteiger partial charge in [0, 0.05) is 16.8 Å². The van der Waals surface area contributed by atoms with Crippen molar-refractivity contribution in [2.75, 3.05) is 11.1 Å². The highest BCUT2D eigenvalue weighted by Crippen LogP contribution is 2.40. The summed E-state index contributed by atoms with van der Waals surface area (Å²) < 4.78 is 35.5. The summed E-state index contributed by atoms with van der Waals surface area (Å²) in [6.07, 6.45) is 0. The van der Waals surface area contributed by atoms with Crippen molar-refractivity contribution in [2.24, 2.45) is 0 Å². The van der Waals surface area contributed by atoms with E-state index in [1.165, 1.54) is 12.1 Å². The maximum absolute atomic E-state index is 13.3. The van der Waals surface area contributed by atoms with Crippen LogP contribution in [0.25, 0.3) is 0 Å². The average Bonchev–Trinajstić information content (AvgIpc) is 2.69. The number of nitrogen functional groups attached to an aromatic ring is 1. The first-order chi connectivity index (χ1) is 14.1. The van der Waals surface area contributed by atoms with Gasteiger partial charge in [-0.3, -0.25) is 9.59 Å². The molecule has 0 atom stereocenters. The minimum Gasteiger partial charge on any atom is -0.744 e. The number of rotatable bonds is 3. The van der Waals surface area contributed by atoms with Crippen molar-refractivity contribution < 1.29 is 22.6 Å². The number of carbonyl (C=O) groups is 2. The molecule has 0 saturated heterocycles. The number of carbonyl (C=O) groups excluding carboxylic acids is 2. The van der Waals surface area contributed by atoms with Crippen molar-refractivity contribution in [3.63, 3.8) is 0 Å². The molecule has 3 aromatic carbocycles. The molecular weight excluding hydrogens is 404 g/mol. The summed E-state index contributed by atoms with van der Waals surface area (Å²) in [5.74, 6) is -1.08. The van der Waals surface area contributed by atoms with Gasteiger partial charge in [-0.2, -0.15) is 0 Å². The Bertz CT molecular complexity index is 1360. The third-order valence-electron chi connectivity index (χ3n) is 5.34. The Morgan fingerprint density at radius 2 is 1.47 bits per heavy atom. The standard InChI is InChI=1S/C22H18N2O5S/c1-11-6-5-9-15(12(11)2)24-16-10-17(30(27,28)29)20(23)19-18(16)21(25)13-7-3-4-8-14(13)22(19)26/h3-10,24H,23H2,1-2H3,(H,27,28,29)/p-1. The monoisotopic (exact) mass is 421 g/mol. The summed E-state index contributed by atoms with van der Waals surface area (Å²) in [6, 6.07) is 12.7. The van der Waals surface area contributed by atoms with Gasteiger partial charge in [0.2, 0.25) is 0 Å². The van der Waals surface area contributed by atoms with E-state index in [1.54, 1.807) is 24.3 Å². The summed E-state index contributed by atoms with van der Waals surface area (Å²) in [5, 5.41) is 3.03. The van der Waals surface area contributed by atoms with Crippen LogP contribution >= 0.6 is 0 Å². The van der Waals surface area contributed by atoms with Crippen molar-refractivity contribution in [1.29, 1.82) is 0 Å². The quantitative estimate of drug-likeness (QED) is 0.383. The van der Waals surface area contributed by atoms with Crippen LogP contribution in [0.4, 0.5) is 17.1 Å². The zero-order chi connectivity index (χ0) is 21.8. The molecule has 1 aliphatic rings. The normalized spacial score (nSPS) is 13.0. The number of hydrogen-bond donors (Lipinski definition) is 2. The fourth-order valence-electron chi connectivity index (χ4n) is 3.63. The predicted octanol–water partition coefficient (Wildman–Crippen LogP) is 3.31. The Labute approximate surface area is 173 Å². The van der Waals surface area contributed by atoms with E-state index < -0.39 is 32.3 Å². The molecule has 0 heterocycles. The van der Waals surface area contributed by atoms with Gasteiger partial charge in [-0.15, -0.1) is 0 Å². The van der Waals surface area contributed by atoms with E-state index in [9.17, 15) is 22.6 Å². The number of nitrogens with one attached hydrogen (secondary N) is 1. The molecule has 0 spiro atoms. The second-order valence-corrected chi connectivity index (χ2v) is 8.46. The van der Waals surface area contributed by atoms with Crippen LogP contribution < -0.4 is 11.1 Å². The lowest BCUT2D eigenvalue weighted by Gasteiger charge is -2.25. The third kappa shape index (κ3) is 2.97. The molecule has 4 rings (SSSR count). The minimum absolute atomic E-state index is 0.0372. The van der Waals surface area contributed by atoms with E-state index in [0.717, 1.165) is 17.2 Å². The molecule has 3 N–H and O–H groups in total. The van der Waals surface area contributed by atoms with E-state index in [-0.39, 0.29) is 27.9 Å². The molecule has 7 nitrogen and oxygen atoms in total. The topological polar surface area (TPSA) is 129 Å². The molecule has 0 fully saturated rings. The van der Waals surface area contributed by atoms with Crippen LogP contribution in [0.2, 0.25) is 0 Å². The summed E-state index contributed by atoms with van der Waals surface area (Å²) in [5.41, 5.74) is 7.87. The van der Waals surface area contributed by atoms with Gasteiger partial charge in [0.1, 0.15) is 10.1 Å². The van der Waals surface area contributed by atoms with E-state index in [4.69, 9.17) is 5.73 Å². The maximum Gasteiger partial charge on any atom is 0.196 e. The number of fused-ring (bicyclic) bond motifs is 2. The van der Waals surface area contributed by atoms with Crippen LogP contribution in [0.1, 0.15) is 43.0 Å². The first kappa shape index (κ1) is 19.8. The van der Waals surface area contributed by atoms with Crippen molar-refractivity contribution in [3.05, 3.63) is 81.9 Å². The maximum atomic E-state index is 13.3. The van der Waals surface area contributed by atoms with Gasteiger partial charge in [-0.05, 0) is 37.1 Å². The van der Waals surface area contributed by atoms with Crippen molar-refractivity contribution in [2.45, 2.75) is 18.7 Å². The van der Waals surface area contributed by atoms with Crippen molar-refractivity contribution >= 4 is 38.7 Å². The van der Waals surface area contributed by atoms with Crippen LogP contribution in [0.5, 0.6) is 0 Å². The lowest BCUT2D eigenvalue weighted by atomic mass is 9.82. The molecule has 3 aromatic rings. The van der Waals surface area contributed by atoms with Crippen molar-refractivity contribution in [1.82, 2.24) is 0 Å². The van der Waals surface area contributed by atoms with Crippen molar-refractivity contribution in [3.8, 4) is 0 Å². The predicted molar refractivity (Wildman–Crippen MR) is 111 cm³/mol. The van der Waals surface area contributed by atoms with E-state index in [2.05, 4.69) is 5.32 Å². The SMILES string of the molecule is Cc1cccc(Nc2cc(S(=O)(=O)[O-])c(N)c3c2C(=O)c2ccccc2C3=O)c1C. The molecular formula is C22H17N2O5S-. The fourth-order valence-corrected chi connectivity index (χ4v) is 4.26. The highest BCUT2D eigenvalue weighted by Gasteiger charge is 2.35. The highest BCUT2D eigenvalue weighted by atomic mass is 32.2. The van der Waals surface area contributed by atoms with Gasteiger partial charge in [0.25, 0.3) is 0 Å². The molecule has 0 unspecified atom stereocenters. The van der Waals surface area contributed by atoms with Crippen LogP contribution in [0.15, 0.2) is 53.4 Å². The van der Waals surface area contributed by atoms with Gasteiger partial charge < -0.3 is 15.6 Å². The summed E-state index contributed by atoms with van der Waals surface area (Å²) in [7, 11) is -5.00. The van der Waals surface area contributed by atoms with Gasteiger partial charge in [-0.25, -0.2) is 8.42 Å². The number of anilines is 3. The number of hydrogen-bond acceptors (Lipinski definition) is 7. The van der Waals surface area contributed by atoms with Gasteiger partial charge >= 0.3 is 0 Å². The number of ketones is 2. The lowest BCUT2D eigenvalue weighted by Crippen LogP contribution is -2.25. The lowest BCUT2D eigenvalue weighted by molar-refractivity contribution is 0.0980. The Hall–Kier alpha value is -3.49. The molecule has 0 aromatic heterocycles. The van der Waals surface area contributed by atoms with E-state index >= 15 is 0 Å². The molecule has 0 saturated carbocycles. The molecule has 0 amide bonds. The largest absolute Gasteiger partial charge is 0.744 e. The molecule has 0 radical (unpaired) electrons. The zero-order valence-corrected chi connectivity index (χ0v) is 17.0. The minimum atomic E-state index is -5.00. The van der Waals surface area contributed by atoms with E-state index in [1.807, 2.05) is 19.9 Å². The molecule has 30 heavy (non-hydrogen) atoms. The van der Waals surface area contributed by atoms with Gasteiger partial charge in [0.05, 0.1) is 27.4 Å². The molecule has 152 valence electrons. The second kappa shape index (κ2) is 6.79. The highest BCUT2D eigenvalue weighted by molar-refractivity contribution is 7.86. The van der Waals surface area contributed by atoms with Gasteiger partial charge in [-0.1, -0.05) is 36.4 Å². The molecule has 1 aliphatic carbocycles. The van der Waals surface area contributed by atoms with Crippen LogP contribution in [0.3, 0.4) is 0 Å². The Morgan fingerprint density at radius 3 is 2.07 bits per heavy atom. The number of aryl methyl sites for hydroxylation is 1. The Kier molecular flexibility index (Phi) is 4.48. The van der Waals surface area contributed by atoms with Gasteiger partial charge in [0.15, 0.2) is 11.6 Å². The van der Waals surface area contributed by atoms with Crippen LogP contribution in [-0.4, -0.2) is 24.5 Å². The Morgan fingerprint density at radius 1 is 0.867 bits per heavy atom. The second-order valence-electron chi connectivity index (χ2n) is 7.12. The zero-order valence-electron chi connectivity index (χ0n) is 16.1. The number of benzene rings is 3. The smallest absolute Gasteiger partial charge is 0.196 e. The first-order valence-corrected chi connectivity index (χ1v) is 10.5. The fraction of sp³-hybridized carbons (Fsp3) is 0.0909. The number of nitrogens with two attached hydrogens (primary N) is 1. The summed E-state index contributed by atoms with van der Waals surface area (Å²) >= 11 is 0. The summed E-state index contributed by atoms with van der Waals surface area (Å²) in [4.78, 5) is 25.6. The van der Waals surface area contributed by atoms with E-state index in [0.29, 0.717) is 5.69 Å². The average molecular weight is 421 g/mol. The summed E-state index contributed by atoms with van der Waals surface area (Å²) in [6.45, 7) is 3.76. The Balaban J connectivity index is 2.05. The molecule has 0 aliphatic heterocycles. The third-order valence-corrected chi connectivity index (χ3v) is 6.22. The van der Waals surface area contributed by atoms with Crippen LogP contribution in [-0.2, 0) is 10.1 Å². The first-order valence-electron chi connectivity index (χ1n) is 9.05. The molecule has 8 heteroatoms.